The van der Waals surface area contributed by atoms with Crippen LogP contribution in [-0.4, -0.2) is 18.8 Å². The molecular formula is C22H19Cl2NO3S. The molecule has 0 aliphatic carbocycles. The molecule has 2 atom stereocenters. The van der Waals surface area contributed by atoms with Crippen molar-refractivity contribution in [2.24, 2.45) is 0 Å². The molecule has 0 amide bonds. The first-order chi connectivity index (χ1) is 13.9. The summed E-state index contributed by atoms with van der Waals surface area (Å²) in [6, 6.07) is 21.0. The molecule has 4 nitrogen and oxygen atoms in total. The van der Waals surface area contributed by atoms with Crippen LogP contribution in [0.25, 0.3) is 0 Å². The second-order valence-corrected chi connectivity index (χ2v) is 9.69. The maximum atomic E-state index is 13.6. The molecule has 0 fully saturated rings. The Kier molecular flexibility index (Phi) is 5.58. The lowest BCUT2D eigenvalue weighted by Crippen LogP contribution is -2.41. The van der Waals surface area contributed by atoms with Gasteiger partial charge in [0.15, 0.2) is 0 Å². The number of ether oxygens (including phenoxy) is 1. The van der Waals surface area contributed by atoms with Gasteiger partial charge in [0.1, 0.15) is 16.7 Å². The van der Waals surface area contributed by atoms with Crippen molar-refractivity contribution in [2.45, 2.75) is 30.5 Å². The predicted octanol–water partition coefficient (Wildman–Crippen LogP) is 5.71. The van der Waals surface area contributed by atoms with Crippen LogP contribution in [0.1, 0.15) is 24.2 Å². The van der Waals surface area contributed by atoms with Gasteiger partial charge < -0.3 is 4.74 Å². The predicted molar refractivity (Wildman–Crippen MR) is 115 cm³/mol. The minimum Gasteiger partial charge on any atom is -0.483 e. The van der Waals surface area contributed by atoms with Crippen LogP contribution in [0.3, 0.4) is 0 Å². The molecule has 1 aliphatic rings. The van der Waals surface area contributed by atoms with Gasteiger partial charge in [0.05, 0.1) is 6.04 Å². The van der Waals surface area contributed by atoms with Gasteiger partial charge in [-0.25, -0.2) is 8.42 Å². The first-order valence-electron chi connectivity index (χ1n) is 9.14. The van der Waals surface area contributed by atoms with Crippen LogP contribution >= 0.6 is 23.2 Å². The highest BCUT2D eigenvalue weighted by Crippen LogP contribution is 2.40. The molecule has 150 valence electrons. The van der Waals surface area contributed by atoms with Crippen LogP contribution in [0.5, 0.6) is 5.75 Å². The zero-order valence-electron chi connectivity index (χ0n) is 15.6. The van der Waals surface area contributed by atoms with E-state index in [1.807, 2.05) is 49.4 Å². The summed E-state index contributed by atoms with van der Waals surface area (Å²) in [5, 5.41) is 0.895. The van der Waals surface area contributed by atoms with Crippen molar-refractivity contribution in [1.82, 2.24) is 4.31 Å². The van der Waals surface area contributed by atoms with Gasteiger partial charge in [-0.15, -0.1) is 0 Å². The lowest BCUT2D eigenvalue weighted by molar-refractivity contribution is 0.124. The van der Waals surface area contributed by atoms with Crippen molar-refractivity contribution in [3.05, 3.63) is 94.0 Å². The van der Waals surface area contributed by atoms with Crippen molar-refractivity contribution in [3.8, 4) is 5.75 Å². The SMILES string of the molecule is C[C@H]1[C@@H](c2ccccc2)Oc2ccc(Cl)cc2S(=O)(=O)N1Cc1cccc(Cl)c1. The van der Waals surface area contributed by atoms with E-state index >= 15 is 0 Å². The Morgan fingerprint density at radius 2 is 1.66 bits per heavy atom. The number of hydrogen-bond acceptors (Lipinski definition) is 3. The monoisotopic (exact) mass is 447 g/mol. The topological polar surface area (TPSA) is 46.6 Å². The van der Waals surface area contributed by atoms with E-state index in [0.717, 1.165) is 11.1 Å². The summed E-state index contributed by atoms with van der Waals surface area (Å²) in [5.41, 5.74) is 1.69. The van der Waals surface area contributed by atoms with Crippen LogP contribution in [-0.2, 0) is 16.6 Å². The Hall–Kier alpha value is -2.05. The van der Waals surface area contributed by atoms with Crippen LogP contribution in [0, 0.1) is 0 Å². The van der Waals surface area contributed by atoms with E-state index in [1.54, 1.807) is 24.3 Å². The molecule has 1 heterocycles. The second kappa shape index (κ2) is 8.00. The quantitative estimate of drug-likeness (QED) is 0.516. The molecule has 0 radical (unpaired) electrons. The standard InChI is InChI=1S/C22H19Cl2NO3S/c1-15-22(17-7-3-2-4-8-17)28-20-11-10-19(24)13-21(20)29(26,27)25(15)14-16-6-5-9-18(23)12-16/h2-13,15,22H,14H2,1H3/t15-,22-/m0/s1. The first kappa shape index (κ1) is 20.2. The van der Waals surface area contributed by atoms with Crippen molar-refractivity contribution in [3.63, 3.8) is 0 Å². The maximum Gasteiger partial charge on any atom is 0.247 e. The van der Waals surface area contributed by atoms with Gasteiger partial charge in [0, 0.05) is 16.6 Å². The van der Waals surface area contributed by atoms with Gasteiger partial charge in [-0.3, -0.25) is 0 Å². The number of halogens is 2. The highest BCUT2D eigenvalue weighted by Gasteiger charge is 2.40. The zero-order chi connectivity index (χ0) is 20.6. The molecule has 0 N–H and O–H groups in total. The third-order valence-electron chi connectivity index (χ3n) is 4.99. The van der Waals surface area contributed by atoms with E-state index in [0.29, 0.717) is 15.8 Å². The van der Waals surface area contributed by atoms with Gasteiger partial charge in [0.2, 0.25) is 10.0 Å². The lowest BCUT2D eigenvalue weighted by atomic mass is 10.0. The average Bonchev–Trinajstić information content (AvgIpc) is 2.78. The Labute approximate surface area is 180 Å². The Morgan fingerprint density at radius 1 is 0.931 bits per heavy atom. The summed E-state index contributed by atoms with van der Waals surface area (Å²) >= 11 is 12.2. The summed E-state index contributed by atoms with van der Waals surface area (Å²) in [6.45, 7) is 2.02. The highest BCUT2D eigenvalue weighted by molar-refractivity contribution is 7.89. The van der Waals surface area contributed by atoms with Crippen molar-refractivity contribution >= 4 is 33.2 Å². The fraction of sp³-hybridized carbons (Fsp3) is 0.182. The molecule has 1 aliphatic heterocycles. The Balaban J connectivity index is 1.86. The second-order valence-electron chi connectivity index (χ2n) is 6.96. The molecule has 3 aromatic carbocycles. The molecule has 0 spiro atoms. The molecule has 4 rings (SSSR count). The van der Waals surface area contributed by atoms with Crippen molar-refractivity contribution in [1.29, 1.82) is 0 Å². The number of sulfonamides is 1. The maximum absolute atomic E-state index is 13.6. The summed E-state index contributed by atoms with van der Waals surface area (Å²) in [5.74, 6) is 0.295. The van der Waals surface area contributed by atoms with Gasteiger partial charge in [0.25, 0.3) is 0 Å². The smallest absolute Gasteiger partial charge is 0.247 e. The number of rotatable bonds is 3. The molecule has 7 heteroatoms. The Bertz CT molecular complexity index is 1140. The first-order valence-corrected chi connectivity index (χ1v) is 11.3. The minimum absolute atomic E-state index is 0.0670. The van der Waals surface area contributed by atoms with Crippen LogP contribution in [0.4, 0.5) is 0 Å². The zero-order valence-corrected chi connectivity index (χ0v) is 18.0. The third-order valence-corrected chi connectivity index (χ3v) is 7.42. The summed E-state index contributed by atoms with van der Waals surface area (Å²) < 4.78 is 34.9. The molecule has 0 aromatic heterocycles. The van der Waals surface area contributed by atoms with Gasteiger partial charge >= 0.3 is 0 Å². The number of nitrogens with zero attached hydrogens (tertiary/aromatic N) is 1. The fourth-order valence-electron chi connectivity index (χ4n) is 3.55. The van der Waals surface area contributed by atoms with E-state index in [1.165, 1.54) is 10.4 Å². The molecule has 0 saturated carbocycles. The largest absolute Gasteiger partial charge is 0.483 e. The van der Waals surface area contributed by atoms with Gasteiger partial charge in [-0.05, 0) is 48.4 Å². The van der Waals surface area contributed by atoms with Gasteiger partial charge in [-0.2, -0.15) is 4.31 Å². The molecule has 3 aromatic rings. The minimum atomic E-state index is -3.86. The molecule has 0 bridgehead atoms. The van der Waals surface area contributed by atoms with E-state index in [9.17, 15) is 8.42 Å². The summed E-state index contributed by atoms with van der Waals surface area (Å²) in [7, 11) is -3.86. The van der Waals surface area contributed by atoms with Crippen molar-refractivity contribution in [2.75, 3.05) is 0 Å². The normalized spacial score (nSPS) is 21.1. The third kappa shape index (κ3) is 4.01. The summed E-state index contributed by atoms with van der Waals surface area (Å²) in [4.78, 5) is 0.0670. The lowest BCUT2D eigenvalue weighted by Gasteiger charge is -2.30. The Morgan fingerprint density at radius 3 is 2.38 bits per heavy atom. The van der Waals surface area contributed by atoms with E-state index < -0.39 is 22.2 Å². The molecular weight excluding hydrogens is 429 g/mol. The summed E-state index contributed by atoms with van der Waals surface area (Å²) in [6.07, 6.45) is -0.479. The van der Waals surface area contributed by atoms with E-state index in [-0.39, 0.29) is 11.4 Å². The number of fused-ring (bicyclic) bond motifs is 1. The van der Waals surface area contributed by atoms with Gasteiger partial charge in [-0.1, -0.05) is 65.7 Å². The van der Waals surface area contributed by atoms with Crippen LogP contribution < -0.4 is 4.74 Å². The average molecular weight is 448 g/mol. The fourth-order valence-corrected chi connectivity index (χ4v) is 5.76. The number of hydrogen-bond donors (Lipinski definition) is 0. The van der Waals surface area contributed by atoms with E-state index in [2.05, 4.69) is 0 Å². The highest BCUT2D eigenvalue weighted by atomic mass is 35.5. The molecule has 0 saturated heterocycles. The van der Waals surface area contributed by atoms with Crippen LogP contribution in [0.15, 0.2) is 77.7 Å². The molecule has 29 heavy (non-hydrogen) atoms. The van der Waals surface area contributed by atoms with E-state index in [4.69, 9.17) is 27.9 Å². The van der Waals surface area contributed by atoms with Crippen molar-refractivity contribution < 1.29 is 13.2 Å². The number of benzene rings is 3. The van der Waals surface area contributed by atoms with Crippen LogP contribution in [0.2, 0.25) is 10.0 Å². The molecule has 0 unspecified atom stereocenters.